The molecule has 1 aromatic carbocycles. The molecule has 0 spiro atoms. The molecule has 0 saturated heterocycles. The molecule has 0 saturated carbocycles. The zero-order valence-corrected chi connectivity index (χ0v) is 22.5. The van der Waals surface area contributed by atoms with Crippen molar-refractivity contribution < 1.29 is 23.9 Å². The maximum atomic E-state index is 13.9. The highest BCUT2D eigenvalue weighted by molar-refractivity contribution is 5.94. The molecule has 3 unspecified atom stereocenters. The number of amides is 4. The summed E-state index contributed by atoms with van der Waals surface area (Å²) in [6, 6.07) is 2.79. The second-order valence-corrected chi connectivity index (χ2v) is 10.3. The average molecular weight is 491 g/mol. The number of carbonyl (C=O) groups excluding carboxylic acids is 4. The van der Waals surface area contributed by atoms with Crippen molar-refractivity contribution in [1.29, 1.82) is 0 Å². The highest BCUT2D eigenvalue weighted by atomic mass is 16.6. The number of benzene rings is 1. The lowest BCUT2D eigenvalue weighted by atomic mass is 9.96. The lowest BCUT2D eigenvalue weighted by Gasteiger charge is -2.38. The van der Waals surface area contributed by atoms with Crippen LogP contribution in [0, 0.1) is 13.8 Å². The van der Waals surface area contributed by atoms with Crippen LogP contribution >= 0.6 is 0 Å². The van der Waals surface area contributed by atoms with Gasteiger partial charge in [0, 0.05) is 12.1 Å². The molecule has 0 radical (unpaired) electrons. The van der Waals surface area contributed by atoms with Crippen molar-refractivity contribution in [3.63, 3.8) is 0 Å². The van der Waals surface area contributed by atoms with Gasteiger partial charge >= 0.3 is 6.09 Å². The normalized spacial score (nSPS) is 14.0. The first-order valence-corrected chi connectivity index (χ1v) is 12.0. The molecule has 0 aromatic heterocycles. The Morgan fingerprint density at radius 3 is 2.09 bits per heavy atom. The molecule has 0 heterocycles. The molecule has 3 atom stereocenters. The summed E-state index contributed by atoms with van der Waals surface area (Å²) >= 11 is 0. The van der Waals surface area contributed by atoms with Crippen molar-refractivity contribution in [1.82, 2.24) is 15.5 Å². The lowest BCUT2D eigenvalue weighted by Crippen LogP contribution is -2.56. The summed E-state index contributed by atoms with van der Waals surface area (Å²) in [5.74, 6) is -1.71. The van der Waals surface area contributed by atoms with Gasteiger partial charge in [0.2, 0.25) is 17.7 Å². The molecule has 196 valence electrons. The number of aryl methyl sites for hydroxylation is 2. The third-order valence-electron chi connectivity index (χ3n) is 5.52. The van der Waals surface area contributed by atoms with Gasteiger partial charge in [-0.25, -0.2) is 4.79 Å². The first kappa shape index (κ1) is 29.9. The molecule has 9 nitrogen and oxygen atoms in total. The number of hydrogen-bond acceptors (Lipinski definition) is 5. The fourth-order valence-electron chi connectivity index (χ4n) is 3.56. The third-order valence-corrected chi connectivity index (χ3v) is 5.52. The monoisotopic (exact) mass is 490 g/mol. The number of hydrogen-bond donors (Lipinski definition) is 3. The second kappa shape index (κ2) is 12.6. The fourth-order valence-corrected chi connectivity index (χ4v) is 3.56. The lowest BCUT2D eigenvalue weighted by molar-refractivity contribution is -0.146. The zero-order valence-electron chi connectivity index (χ0n) is 22.5. The number of nitrogens with two attached hydrogens (primary N) is 1. The number of nitrogens with zero attached hydrogens (tertiary/aromatic N) is 1. The minimum absolute atomic E-state index is 0.160. The van der Waals surface area contributed by atoms with Crippen LogP contribution in [0.1, 0.15) is 84.0 Å². The zero-order chi connectivity index (χ0) is 27.1. The van der Waals surface area contributed by atoms with Crippen LogP contribution in [-0.2, 0) is 19.1 Å². The van der Waals surface area contributed by atoms with Gasteiger partial charge in [0.1, 0.15) is 17.7 Å². The van der Waals surface area contributed by atoms with Gasteiger partial charge in [-0.1, -0.05) is 25.1 Å². The molecular formula is C26H42N4O5. The van der Waals surface area contributed by atoms with Gasteiger partial charge < -0.3 is 26.0 Å². The first-order valence-electron chi connectivity index (χ1n) is 12.0. The predicted octanol–water partition coefficient (Wildman–Crippen LogP) is 3.26. The van der Waals surface area contributed by atoms with E-state index in [1.807, 2.05) is 59.7 Å². The van der Waals surface area contributed by atoms with E-state index in [-0.39, 0.29) is 18.0 Å². The largest absolute Gasteiger partial charge is 0.444 e. The molecule has 4 N–H and O–H groups in total. The van der Waals surface area contributed by atoms with Crippen LogP contribution < -0.4 is 16.4 Å². The second-order valence-electron chi connectivity index (χ2n) is 10.3. The standard InChI is InChI=1S/C26H42N4O5/c1-10-18(6)30(24(33)20(14-21(27)31)29-25(34)35-26(7,8)9)22(23(32)28-15(2)3)19-12-11-16(4)17(5)13-19/h11-13,15,18,20,22H,10,14H2,1-9H3,(H2,27,31)(H,28,32)(H,29,34). The molecular weight excluding hydrogens is 448 g/mol. The van der Waals surface area contributed by atoms with Crippen molar-refractivity contribution in [2.24, 2.45) is 5.73 Å². The van der Waals surface area contributed by atoms with E-state index in [4.69, 9.17) is 10.5 Å². The molecule has 1 rings (SSSR count). The highest BCUT2D eigenvalue weighted by Crippen LogP contribution is 2.28. The Labute approximate surface area is 209 Å². The Morgan fingerprint density at radius 1 is 1.03 bits per heavy atom. The van der Waals surface area contributed by atoms with Crippen molar-refractivity contribution >= 4 is 23.8 Å². The Hall–Kier alpha value is -3.10. The number of nitrogens with one attached hydrogen (secondary N) is 2. The van der Waals surface area contributed by atoms with Crippen LogP contribution in [0.4, 0.5) is 4.79 Å². The van der Waals surface area contributed by atoms with Crippen molar-refractivity contribution in [2.75, 3.05) is 0 Å². The van der Waals surface area contributed by atoms with Crippen LogP contribution in [-0.4, -0.2) is 52.4 Å². The molecule has 1 aromatic rings. The van der Waals surface area contributed by atoms with E-state index in [2.05, 4.69) is 10.6 Å². The third kappa shape index (κ3) is 9.22. The van der Waals surface area contributed by atoms with E-state index >= 15 is 0 Å². The summed E-state index contributed by atoms with van der Waals surface area (Å²) < 4.78 is 5.29. The van der Waals surface area contributed by atoms with Gasteiger partial charge in [-0.2, -0.15) is 0 Å². The van der Waals surface area contributed by atoms with E-state index < -0.39 is 42.0 Å². The van der Waals surface area contributed by atoms with E-state index in [0.29, 0.717) is 12.0 Å². The molecule has 0 aliphatic carbocycles. The Kier molecular flexibility index (Phi) is 10.7. The Morgan fingerprint density at radius 2 is 1.63 bits per heavy atom. The molecule has 0 aliphatic rings. The number of primary amides is 1. The predicted molar refractivity (Wildman–Crippen MR) is 136 cm³/mol. The summed E-state index contributed by atoms with van der Waals surface area (Å²) in [5, 5.41) is 5.39. The van der Waals surface area contributed by atoms with E-state index in [1.165, 1.54) is 4.90 Å². The van der Waals surface area contributed by atoms with E-state index in [0.717, 1.165) is 11.1 Å². The van der Waals surface area contributed by atoms with Gasteiger partial charge in [0.25, 0.3) is 0 Å². The average Bonchev–Trinajstić information content (AvgIpc) is 2.70. The number of ether oxygens (including phenoxy) is 1. The molecule has 0 fully saturated rings. The first-order chi connectivity index (χ1) is 16.1. The van der Waals surface area contributed by atoms with Gasteiger partial charge in [-0.3, -0.25) is 14.4 Å². The van der Waals surface area contributed by atoms with E-state index in [1.54, 1.807) is 20.8 Å². The smallest absolute Gasteiger partial charge is 0.408 e. The quantitative estimate of drug-likeness (QED) is 0.463. The molecule has 0 bridgehead atoms. The van der Waals surface area contributed by atoms with Gasteiger partial charge in [0.05, 0.1) is 6.42 Å². The summed E-state index contributed by atoms with van der Waals surface area (Å²) in [5.41, 5.74) is 7.27. The van der Waals surface area contributed by atoms with Gasteiger partial charge in [-0.05, 0) is 78.5 Å². The van der Waals surface area contributed by atoms with Crippen molar-refractivity contribution in [3.8, 4) is 0 Å². The van der Waals surface area contributed by atoms with Crippen molar-refractivity contribution in [2.45, 2.75) is 105 Å². The van der Waals surface area contributed by atoms with Crippen LogP contribution in [0.5, 0.6) is 0 Å². The number of rotatable bonds is 10. The highest BCUT2D eigenvalue weighted by Gasteiger charge is 2.39. The molecule has 35 heavy (non-hydrogen) atoms. The van der Waals surface area contributed by atoms with Crippen LogP contribution in [0.3, 0.4) is 0 Å². The van der Waals surface area contributed by atoms with Gasteiger partial charge in [-0.15, -0.1) is 0 Å². The Bertz CT molecular complexity index is 923. The molecule has 9 heteroatoms. The number of carbonyl (C=O) groups is 4. The topological polar surface area (TPSA) is 131 Å². The van der Waals surface area contributed by atoms with Gasteiger partial charge in [0.15, 0.2) is 0 Å². The summed E-state index contributed by atoms with van der Waals surface area (Å²) in [6.45, 7) is 16.4. The van der Waals surface area contributed by atoms with Crippen LogP contribution in [0.15, 0.2) is 18.2 Å². The van der Waals surface area contributed by atoms with Crippen LogP contribution in [0.2, 0.25) is 0 Å². The SMILES string of the molecule is CCC(C)N(C(=O)C(CC(N)=O)NC(=O)OC(C)(C)C)C(C(=O)NC(C)C)c1ccc(C)c(C)c1. The minimum atomic E-state index is -1.29. The summed E-state index contributed by atoms with van der Waals surface area (Å²) in [7, 11) is 0. The Balaban J connectivity index is 3.58. The molecule has 4 amide bonds. The minimum Gasteiger partial charge on any atom is -0.444 e. The maximum Gasteiger partial charge on any atom is 0.408 e. The number of alkyl carbamates (subject to hydrolysis) is 1. The summed E-state index contributed by atoms with van der Waals surface area (Å²) in [6.07, 6.45) is -0.746. The summed E-state index contributed by atoms with van der Waals surface area (Å²) in [4.78, 5) is 53.1. The maximum absolute atomic E-state index is 13.9. The van der Waals surface area contributed by atoms with Crippen molar-refractivity contribution in [3.05, 3.63) is 34.9 Å². The van der Waals surface area contributed by atoms with Crippen LogP contribution in [0.25, 0.3) is 0 Å². The fraction of sp³-hybridized carbons (Fsp3) is 0.615. The molecule has 0 aliphatic heterocycles. The van der Waals surface area contributed by atoms with E-state index in [9.17, 15) is 19.2 Å².